The number of aromatic amines is 1. The molecular weight excluding hydrogens is 320 g/mol. The minimum atomic E-state index is 0.611. The first-order valence-corrected chi connectivity index (χ1v) is 9.07. The topological polar surface area (TPSA) is 52.2 Å². The SMILES string of the molecule is CN1CCC(c2csc3ccc(N(C=O)c4c[nH]cn4)cc23)CC1. The first kappa shape index (κ1) is 15.4. The number of likely N-dealkylation sites (tertiary alicyclic amines) is 1. The molecule has 4 rings (SSSR count). The Morgan fingerprint density at radius 2 is 2.21 bits per heavy atom. The molecule has 1 N–H and O–H groups in total. The molecule has 124 valence electrons. The Balaban J connectivity index is 1.72. The predicted molar refractivity (Wildman–Crippen MR) is 98.1 cm³/mol. The van der Waals surface area contributed by atoms with Crippen molar-refractivity contribution >= 4 is 39.3 Å². The van der Waals surface area contributed by atoms with Crippen molar-refractivity contribution in [3.05, 3.63) is 41.7 Å². The molecule has 1 aliphatic heterocycles. The number of fused-ring (bicyclic) bond motifs is 1. The van der Waals surface area contributed by atoms with Gasteiger partial charge in [-0.3, -0.25) is 9.69 Å². The number of nitrogens with zero attached hydrogens (tertiary/aromatic N) is 3. The van der Waals surface area contributed by atoms with Gasteiger partial charge in [-0.25, -0.2) is 4.98 Å². The molecule has 0 bridgehead atoms. The number of nitrogens with one attached hydrogen (secondary N) is 1. The van der Waals surface area contributed by atoms with E-state index in [-0.39, 0.29) is 0 Å². The van der Waals surface area contributed by atoms with Gasteiger partial charge in [0.1, 0.15) is 0 Å². The van der Waals surface area contributed by atoms with E-state index < -0.39 is 0 Å². The molecule has 1 aliphatic rings. The molecule has 1 fully saturated rings. The molecule has 1 amide bonds. The highest BCUT2D eigenvalue weighted by atomic mass is 32.1. The molecule has 0 aliphatic carbocycles. The second-order valence-corrected chi connectivity index (χ2v) is 7.26. The molecule has 0 saturated carbocycles. The number of imidazole rings is 1. The van der Waals surface area contributed by atoms with Crippen LogP contribution in [-0.4, -0.2) is 41.4 Å². The predicted octanol–water partition coefficient (Wildman–Crippen LogP) is 3.73. The number of rotatable bonds is 4. The molecule has 0 unspecified atom stereocenters. The van der Waals surface area contributed by atoms with Gasteiger partial charge in [-0.05, 0) is 73.4 Å². The summed E-state index contributed by atoms with van der Waals surface area (Å²) in [5.74, 6) is 1.22. The van der Waals surface area contributed by atoms with Gasteiger partial charge in [0.2, 0.25) is 6.41 Å². The molecule has 0 atom stereocenters. The van der Waals surface area contributed by atoms with Crippen molar-refractivity contribution in [1.29, 1.82) is 0 Å². The number of H-pyrrole nitrogens is 1. The quantitative estimate of drug-likeness (QED) is 0.736. The van der Waals surface area contributed by atoms with Crippen LogP contribution in [0.2, 0.25) is 0 Å². The summed E-state index contributed by atoms with van der Waals surface area (Å²) >= 11 is 1.79. The standard InChI is InChI=1S/C18H20N4OS/c1-21-6-4-13(5-7-21)16-10-24-17-3-2-14(8-15(16)17)22(12-23)18-9-19-11-20-18/h2-3,8-13H,4-7H2,1H3,(H,19,20). The fraction of sp³-hybridized carbons (Fsp3) is 0.333. The molecule has 24 heavy (non-hydrogen) atoms. The van der Waals surface area contributed by atoms with Crippen molar-refractivity contribution in [2.75, 3.05) is 25.0 Å². The lowest BCUT2D eigenvalue weighted by Gasteiger charge is -2.29. The van der Waals surface area contributed by atoms with Gasteiger partial charge in [-0.2, -0.15) is 0 Å². The van der Waals surface area contributed by atoms with Crippen LogP contribution in [-0.2, 0) is 4.79 Å². The Kier molecular flexibility index (Phi) is 4.08. The fourth-order valence-corrected chi connectivity index (χ4v) is 4.48. The molecule has 3 heterocycles. The van der Waals surface area contributed by atoms with E-state index in [2.05, 4.69) is 39.4 Å². The number of benzene rings is 1. The van der Waals surface area contributed by atoms with Gasteiger partial charge in [0, 0.05) is 10.9 Å². The van der Waals surface area contributed by atoms with Gasteiger partial charge in [0.25, 0.3) is 0 Å². The van der Waals surface area contributed by atoms with Gasteiger partial charge < -0.3 is 9.88 Å². The van der Waals surface area contributed by atoms with E-state index in [9.17, 15) is 4.79 Å². The number of carbonyl (C=O) groups excluding carboxylic acids is 1. The largest absolute Gasteiger partial charge is 0.349 e. The van der Waals surface area contributed by atoms with Crippen molar-refractivity contribution in [2.45, 2.75) is 18.8 Å². The number of piperidine rings is 1. The zero-order valence-electron chi connectivity index (χ0n) is 13.6. The van der Waals surface area contributed by atoms with Crippen LogP contribution in [0.25, 0.3) is 10.1 Å². The second-order valence-electron chi connectivity index (χ2n) is 6.35. The van der Waals surface area contributed by atoms with Crippen LogP contribution >= 0.6 is 11.3 Å². The molecule has 0 radical (unpaired) electrons. The van der Waals surface area contributed by atoms with Crippen molar-refractivity contribution in [2.24, 2.45) is 0 Å². The van der Waals surface area contributed by atoms with E-state index in [1.807, 2.05) is 6.07 Å². The summed E-state index contributed by atoms with van der Waals surface area (Å²) in [6, 6.07) is 6.22. The highest BCUT2D eigenvalue weighted by Gasteiger charge is 2.22. The van der Waals surface area contributed by atoms with Crippen molar-refractivity contribution < 1.29 is 4.79 Å². The Morgan fingerprint density at radius 3 is 2.92 bits per heavy atom. The molecule has 2 aromatic heterocycles. The van der Waals surface area contributed by atoms with Crippen LogP contribution in [0, 0.1) is 0 Å². The van der Waals surface area contributed by atoms with E-state index in [1.165, 1.54) is 28.5 Å². The third kappa shape index (κ3) is 2.72. The van der Waals surface area contributed by atoms with Gasteiger partial charge in [-0.15, -0.1) is 11.3 Å². The minimum Gasteiger partial charge on any atom is -0.349 e. The molecule has 6 heteroatoms. The number of thiophene rings is 1. The molecule has 1 aromatic carbocycles. The Labute approximate surface area is 144 Å². The molecule has 1 saturated heterocycles. The summed E-state index contributed by atoms with van der Waals surface area (Å²) in [5, 5.41) is 3.57. The van der Waals surface area contributed by atoms with Crippen LogP contribution in [0.15, 0.2) is 36.1 Å². The Bertz CT molecular complexity index is 834. The van der Waals surface area contributed by atoms with Crippen molar-refractivity contribution in [3.63, 3.8) is 0 Å². The Hall–Kier alpha value is -2.18. The summed E-state index contributed by atoms with van der Waals surface area (Å²) in [4.78, 5) is 22.6. The summed E-state index contributed by atoms with van der Waals surface area (Å²) in [5.41, 5.74) is 2.29. The van der Waals surface area contributed by atoms with E-state index in [0.717, 1.165) is 25.2 Å². The van der Waals surface area contributed by atoms with Gasteiger partial charge in [0.15, 0.2) is 5.82 Å². The van der Waals surface area contributed by atoms with E-state index in [1.54, 1.807) is 28.8 Å². The van der Waals surface area contributed by atoms with E-state index in [0.29, 0.717) is 11.7 Å². The highest BCUT2D eigenvalue weighted by molar-refractivity contribution is 7.17. The van der Waals surface area contributed by atoms with Gasteiger partial charge in [0.05, 0.1) is 12.0 Å². The molecular formula is C18H20N4OS. The maximum Gasteiger partial charge on any atom is 0.219 e. The van der Waals surface area contributed by atoms with Crippen LogP contribution in [0.5, 0.6) is 0 Å². The minimum absolute atomic E-state index is 0.611. The smallest absolute Gasteiger partial charge is 0.219 e. The van der Waals surface area contributed by atoms with Crippen LogP contribution in [0.1, 0.15) is 24.3 Å². The number of amides is 1. The van der Waals surface area contributed by atoms with Crippen molar-refractivity contribution in [1.82, 2.24) is 14.9 Å². The lowest BCUT2D eigenvalue weighted by molar-refractivity contribution is -0.106. The Morgan fingerprint density at radius 1 is 1.38 bits per heavy atom. The fourth-order valence-electron chi connectivity index (χ4n) is 3.45. The van der Waals surface area contributed by atoms with Crippen LogP contribution in [0.4, 0.5) is 11.5 Å². The second kappa shape index (κ2) is 6.37. The van der Waals surface area contributed by atoms with Crippen LogP contribution in [0.3, 0.4) is 0 Å². The zero-order chi connectivity index (χ0) is 16.5. The number of aromatic nitrogens is 2. The average molecular weight is 340 g/mol. The van der Waals surface area contributed by atoms with Gasteiger partial charge in [-0.1, -0.05) is 0 Å². The first-order valence-electron chi connectivity index (χ1n) is 8.19. The summed E-state index contributed by atoms with van der Waals surface area (Å²) < 4.78 is 1.28. The monoisotopic (exact) mass is 340 g/mol. The number of hydrogen-bond donors (Lipinski definition) is 1. The average Bonchev–Trinajstić information content (AvgIpc) is 3.26. The third-order valence-electron chi connectivity index (χ3n) is 4.86. The van der Waals surface area contributed by atoms with Crippen LogP contribution < -0.4 is 4.90 Å². The maximum absolute atomic E-state index is 11.6. The number of anilines is 2. The van der Waals surface area contributed by atoms with Crippen molar-refractivity contribution in [3.8, 4) is 0 Å². The summed E-state index contributed by atoms with van der Waals surface area (Å²) in [6.45, 7) is 2.30. The zero-order valence-corrected chi connectivity index (χ0v) is 14.4. The third-order valence-corrected chi connectivity index (χ3v) is 5.84. The molecule has 5 nitrogen and oxygen atoms in total. The first-order chi connectivity index (χ1) is 11.8. The maximum atomic E-state index is 11.6. The van der Waals surface area contributed by atoms with E-state index in [4.69, 9.17) is 0 Å². The normalized spacial score (nSPS) is 16.5. The van der Waals surface area contributed by atoms with E-state index >= 15 is 0 Å². The summed E-state index contributed by atoms with van der Waals surface area (Å²) in [6.07, 6.45) is 6.52. The lowest BCUT2D eigenvalue weighted by Crippen LogP contribution is -2.29. The number of hydrogen-bond acceptors (Lipinski definition) is 4. The molecule has 3 aromatic rings. The molecule has 0 spiro atoms. The summed E-state index contributed by atoms with van der Waals surface area (Å²) in [7, 11) is 2.19. The number of carbonyl (C=O) groups is 1. The highest BCUT2D eigenvalue weighted by Crippen LogP contribution is 2.38. The lowest BCUT2D eigenvalue weighted by atomic mass is 9.89. The van der Waals surface area contributed by atoms with Gasteiger partial charge >= 0.3 is 0 Å².